The van der Waals surface area contributed by atoms with Crippen LogP contribution in [0.1, 0.15) is 190 Å². The summed E-state index contributed by atoms with van der Waals surface area (Å²) < 4.78 is 47.8. The van der Waals surface area contributed by atoms with E-state index in [0.29, 0.717) is 114 Å². The molecule has 12 rings (SSSR count). The molecule has 4 aliphatic rings. The molecule has 8 aromatic rings. The van der Waals surface area contributed by atoms with Gasteiger partial charge in [-0.3, -0.25) is 9.59 Å². The third kappa shape index (κ3) is 13.7. The van der Waals surface area contributed by atoms with E-state index in [1.54, 1.807) is 7.11 Å². The number of hydrogen-bond acceptors (Lipinski definition) is 9. The van der Waals surface area contributed by atoms with Gasteiger partial charge in [0.25, 0.3) is 11.8 Å². The minimum atomic E-state index is -0.251. The molecule has 2 heterocycles. The van der Waals surface area contributed by atoms with E-state index < -0.39 is 0 Å². The van der Waals surface area contributed by atoms with Gasteiger partial charge in [-0.1, -0.05) is 120 Å². The number of methoxy groups -OCH3 is 1. The molecule has 11 heteroatoms. The summed E-state index contributed by atoms with van der Waals surface area (Å²) in [6.45, 7) is 15.7. The van der Waals surface area contributed by atoms with Crippen LogP contribution < -0.4 is 43.8 Å². The summed E-state index contributed by atoms with van der Waals surface area (Å²) in [5.41, 5.74) is 17.3. The Balaban J connectivity index is 1.24. The van der Waals surface area contributed by atoms with Crippen LogP contribution in [0, 0.1) is 0 Å². The number of benzene rings is 8. The lowest BCUT2D eigenvalue weighted by atomic mass is 9.89. The Bertz CT molecular complexity index is 3520. The first-order valence-corrected chi connectivity index (χ1v) is 32.0. The predicted molar refractivity (Wildman–Crippen MR) is 351 cm³/mol. The fourth-order valence-corrected chi connectivity index (χ4v) is 12.8. The lowest BCUT2D eigenvalue weighted by Crippen LogP contribution is -2.16. The van der Waals surface area contributed by atoms with Crippen molar-refractivity contribution in [2.75, 3.05) is 57.4 Å². The van der Waals surface area contributed by atoms with Crippen molar-refractivity contribution in [3.63, 3.8) is 0 Å². The van der Waals surface area contributed by atoms with Gasteiger partial charge in [-0.05, 0) is 154 Å². The largest absolute Gasteiger partial charge is 0.496 e. The van der Waals surface area contributed by atoms with E-state index in [1.165, 1.54) is 0 Å². The molecule has 456 valence electrons. The number of carbonyl (C=O) groups is 2. The Labute approximate surface area is 520 Å². The molecule has 88 heavy (non-hydrogen) atoms. The van der Waals surface area contributed by atoms with E-state index >= 15 is 9.59 Å². The number of rotatable bonds is 19. The highest BCUT2D eigenvalue weighted by Crippen LogP contribution is 2.43. The summed E-state index contributed by atoms with van der Waals surface area (Å²) in [6.07, 6.45) is 8.33. The van der Waals surface area contributed by atoms with E-state index in [9.17, 15) is 0 Å². The van der Waals surface area contributed by atoms with Gasteiger partial charge in [0.2, 0.25) is 0 Å². The van der Waals surface area contributed by atoms with E-state index in [4.69, 9.17) is 33.2 Å². The molecule has 20 bridgehead atoms. The van der Waals surface area contributed by atoms with Crippen LogP contribution in [-0.4, -0.2) is 58.6 Å². The van der Waals surface area contributed by atoms with Crippen LogP contribution in [-0.2, 0) is 51.4 Å². The number of ether oxygens (including phenoxy) is 7. The van der Waals surface area contributed by atoms with Crippen LogP contribution in [0.4, 0.5) is 11.4 Å². The second-order valence-corrected chi connectivity index (χ2v) is 23.6. The average molecular weight is 1180 g/mol. The standard InChI is InChI=1S/C77H84N2O9/c1-8-26-83-70-53-22-16-23-54(70)38-62-46-68-48-64(75(62)88-31-13-6)40-56-25-17-24-55(71(56)84-27-9-2)39-63-47-67(45-61(37-53)74(63)87-30-12-5)78-76(80)65-41-57-33-49-18-14-19-50(32-49)34-58-42-66(77(81)79-68)44-60(73(58)86-29-11-4)36-52-21-15-20-51(69(52)82-7)35-59(43-65)72(57)85-28-10-3/h14-25,32,41-48H,8-13,26-31,33-40H2,1-7H3,(H,78,80)(H,79,81). The van der Waals surface area contributed by atoms with Crippen LogP contribution in [0.25, 0.3) is 0 Å². The van der Waals surface area contributed by atoms with Gasteiger partial charge in [0, 0.05) is 96.1 Å². The highest BCUT2D eigenvalue weighted by atomic mass is 16.5. The fourth-order valence-electron chi connectivity index (χ4n) is 12.8. The topological polar surface area (TPSA) is 123 Å². The maximum absolute atomic E-state index is 15.6. The van der Waals surface area contributed by atoms with E-state index in [2.05, 4.69) is 155 Å². The van der Waals surface area contributed by atoms with Gasteiger partial charge in [-0.25, -0.2) is 0 Å². The molecule has 11 nitrogen and oxygen atoms in total. The molecule has 0 fully saturated rings. The Kier molecular flexibility index (Phi) is 19.7. The lowest BCUT2D eigenvalue weighted by molar-refractivity contribution is 0.101. The first kappa shape index (κ1) is 61.0. The number of nitrogens with one attached hydrogen (secondary N) is 2. The number of para-hydroxylation sites is 3. The van der Waals surface area contributed by atoms with E-state index in [-0.39, 0.29) is 11.8 Å². The highest BCUT2D eigenvalue weighted by molar-refractivity contribution is 6.06. The molecule has 2 aliphatic heterocycles. The second kappa shape index (κ2) is 28.4. The number of hydrogen-bond donors (Lipinski definition) is 2. The van der Waals surface area contributed by atoms with E-state index in [1.807, 2.05) is 24.3 Å². The van der Waals surface area contributed by atoms with Crippen molar-refractivity contribution >= 4 is 23.2 Å². The van der Waals surface area contributed by atoms with Crippen LogP contribution in [0.5, 0.6) is 40.2 Å². The molecule has 8 aromatic carbocycles. The molecule has 0 saturated heterocycles. The molecular formula is C77H84N2O9. The predicted octanol–water partition coefficient (Wildman–Crippen LogP) is 16.6. The van der Waals surface area contributed by atoms with E-state index in [0.717, 1.165) is 168 Å². The van der Waals surface area contributed by atoms with Crippen LogP contribution in [0.2, 0.25) is 0 Å². The Hall–Kier alpha value is -8.70. The number of carbonyl (C=O) groups excluding carboxylic acids is 2. The monoisotopic (exact) mass is 1180 g/mol. The number of fused-ring (bicyclic) bond motifs is 2. The van der Waals surface area contributed by atoms with Gasteiger partial charge < -0.3 is 43.8 Å². The quantitative estimate of drug-likeness (QED) is 0.0815. The van der Waals surface area contributed by atoms with Crippen molar-refractivity contribution in [3.8, 4) is 40.2 Å². The summed E-state index contributed by atoms with van der Waals surface area (Å²) >= 11 is 0. The maximum Gasteiger partial charge on any atom is 0.255 e. The zero-order valence-corrected chi connectivity index (χ0v) is 52.4. The van der Waals surface area contributed by atoms with Crippen molar-refractivity contribution in [2.24, 2.45) is 0 Å². The minimum Gasteiger partial charge on any atom is -0.496 e. The molecule has 2 amide bonds. The smallest absolute Gasteiger partial charge is 0.255 e. The van der Waals surface area contributed by atoms with Crippen molar-refractivity contribution in [3.05, 3.63) is 228 Å². The van der Waals surface area contributed by atoms with Crippen LogP contribution >= 0.6 is 0 Å². The highest BCUT2D eigenvalue weighted by Gasteiger charge is 2.28. The molecule has 0 aromatic heterocycles. The molecule has 2 aliphatic carbocycles. The second-order valence-electron chi connectivity index (χ2n) is 23.6. The minimum absolute atomic E-state index is 0.251. The molecule has 2 N–H and O–H groups in total. The molecular weight excluding hydrogens is 1100 g/mol. The number of anilines is 2. The SMILES string of the molecule is CCCOc1c2cc3cc1Cc1cccc(c1OC)Cc1cc(cc(c1OCCC)Cc1cccc(c1)C2)C(=O)Nc1cc2c(OCCC)c(c1)Cc1cccc(c1OCCC)Cc1cc(cc(c1OCCC)Cc1cccc(c1OCCC)C2)NC3=O. The van der Waals surface area contributed by atoms with Gasteiger partial charge in [0.1, 0.15) is 40.2 Å². The third-order valence-electron chi connectivity index (χ3n) is 16.5. The van der Waals surface area contributed by atoms with Crippen molar-refractivity contribution in [1.29, 1.82) is 0 Å². The molecule has 0 unspecified atom stereocenters. The first-order chi connectivity index (χ1) is 43.1. The van der Waals surface area contributed by atoms with Crippen LogP contribution in [0.3, 0.4) is 0 Å². The van der Waals surface area contributed by atoms with Gasteiger partial charge >= 0.3 is 0 Å². The zero-order valence-electron chi connectivity index (χ0n) is 52.4. The van der Waals surface area contributed by atoms with Crippen LogP contribution in [0.15, 0.2) is 127 Å². The normalized spacial score (nSPS) is 13.4. The number of amides is 2. The van der Waals surface area contributed by atoms with Gasteiger partial charge in [-0.2, -0.15) is 0 Å². The Morgan fingerprint density at radius 2 is 0.534 bits per heavy atom. The summed E-state index contributed by atoms with van der Waals surface area (Å²) in [7, 11) is 1.71. The molecule has 0 saturated carbocycles. The Morgan fingerprint density at radius 3 is 0.807 bits per heavy atom. The lowest BCUT2D eigenvalue weighted by Gasteiger charge is -2.24. The summed E-state index contributed by atoms with van der Waals surface area (Å²) in [5, 5.41) is 6.93. The molecule has 0 atom stereocenters. The summed E-state index contributed by atoms with van der Waals surface area (Å²) in [5.74, 6) is 4.86. The molecule has 0 spiro atoms. The maximum atomic E-state index is 15.6. The third-order valence-corrected chi connectivity index (χ3v) is 16.5. The van der Waals surface area contributed by atoms with Crippen molar-refractivity contribution < 1.29 is 42.7 Å². The molecule has 0 radical (unpaired) electrons. The fraction of sp³-hybridized carbons (Fsp3) is 0.351. The van der Waals surface area contributed by atoms with Gasteiger partial charge in [0.05, 0.1) is 46.8 Å². The average Bonchev–Trinajstić information content (AvgIpc) is 3.01. The van der Waals surface area contributed by atoms with Crippen molar-refractivity contribution in [2.45, 2.75) is 131 Å². The zero-order chi connectivity index (χ0) is 61.1. The Morgan fingerprint density at radius 1 is 0.295 bits per heavy atom. The van der Waals surface area contributed by atoms with Crippen molar-refractivity contribution in [1.82, 2.24) is 0 Å². The first-order valence-electron chi connectivity index (χ1n) is 32.0. The van der Waals surface area contributed by atoms with Gasteiger partial charge in [0.15, 0.2) is 0 Å². The summed E-state index contributed by atoms with van der Waals surface area (Å²) in [6, 6.07) is 43.9. The summed E-state index contributed by atoms with van der Waals surface area (Å²) in [4.78, 5) is 31.2. The van der Waals surface area contributed by atoms with Gasteiger partial charge in [-0.15, -0.1) is 0 Å².